The Labute approximate surface area is 146 Å². The van der Waals surface area contributed by atoms with E-state index in [1.165, 1.54) is 34.9 Å². The molecule has 0 aliphatic heterocycles. The van der Waals surface area contributed by atoms with Crippen LogP contribution in [0.15, 0.2) is 91.0 Å². The van der Waals surface area contributed by atoms with E-state index in [4.69, 9.17) is 0 Å². The smallest absolute Gasteiger partial charge is 0.412 e. The Balaban J connectivity index is 0.00000208. The summed E-state index contributed by atoms with van der Waals surface area (Å²) in [5, 5.41) is 4.56. The van der Waals surface area contributed by atoms with Gasteiger partial charge in [0.1, 0.15) is 0 Å². The van der Waals surface area contributed by atoms with Crippen molar-refractivity contribution < 1.29 is 5.48 Å². The zero-order valence-electron chi connectivity index (χ0n) is 14.3. The predicted octanol–water partition coefficient (Wildman–Crippen LogP) is 3.69. The van der Waals surface area contributed by atoms with Crippen LogP contribution in [0.5, 0.6) is 0 Å². The van der Waals surface area contributed by atoms with Crippen LogP contribution < -0.4 is 15.9 Å². The van der Waals surface area contributed by atoms with Crippen molar-refractivity contribution in [2.45, 2.75) is 19.8 Å². The Bertz CT molecular complexity index is 614. The van der Waals surface area contributed by atoms with Gasteiger partial charge in [-0.15, -0.1) is 0 Å². The molecular formula is C22H27OP. The van der Waals surface area contributed by atoms with Gasteiger partial charge in [0, 0.05) is 0 Å². The van der Waals surface area contributed by atoms with E-state index in [1.54, 1.807) is 0 Å². The Morgan fingerprint density at radius 2 is 0.917 bits per heavy atom. The maximum absolute atomic E-state index is 2.34. The molecule has 0 heterocycles. The Kier molecular flexibility index (Phi) is 6.73. The molecule has 0 unspecified atom stereocenters. The molecule has 126 valence electrons. The summed E-state index contributed by atoms with van der Waals surface area (Å²) < 4.78 is 0. The fourth-order valence-electron chi connectivity index (χ4n) is 3.54. The van der Waals surface area contributed by atoms with Crippen molar-refractivity contribution in [1.29, 1.82) is 0 Å². The fraction of sp³-hybridized carbons (Fsp3) is 0.182. The van der Waals surface area contributed by atoms with Crippen LogP contribution in [0, 0.1) is 0 Å². The van der Waals surface area contributed by atoms with Crippen LogP contribution in [-0.2, 0) is 0 Å². The van der Waals surface area contributed by atoms with Crippen molar-refractivity contribution in [1.82, 2.24) is 0 Å². The normalized spacial score (nSPS) is 11.5. The first-order valence-electron chi connectivity index (χ1n) is 8.54. The number of unbranched alkanes of at least 4 members (excludes halogenated alkanes) is 1. The molecule has 0 fully saturated rings. The molecular weight excluding hydrogens is 311 g/mol. The Hall–Kier alpha value is -1.95. The van der Waals surface area contributed by atoms with E-state index < -0.39 is 7.26 Å². The van der Waals surface area contributed by atoms with Gasteiger partial charge >= 0.3 is 140 Å². The van der Waals surface area contributed by atoms with E-state index in [9.17, 15) is 0 Å². The first-order valence-corrected chi connectivity index (χ1v) is 10.7. The van der Waals surface area contributed by atoms with Gasteiger partial charge < -0.3 is 5.48 Å². The van der Waals surface area contributed by atoms with Crippen LogP contribution in [0.2, 0.25) is 0 Å². The van der Waals surface area contributed by atoms with Crippen LogP contribution in [-0.4, -0.2) is 11.6 Å². The summed E-state index contributed by atoms with van der Waals surface area (Å²) in [5.74, 6) is 0. The van der Waals surface area contributed by atoms with E-state index in [2.05, 4.69) is 97.9 Å². The zero-order valence-corrected chi connectivity index (χ0v) is 15.3. The molecule has 0 atom stereocenters. The SMILES string of the molecule is CCCC[PH](c1ccccc1)(c1ccccc1)c1ccccc1.O. The number of rotatable bonds is 6. The van der Waals surface area contributed by atoms with Crippen LogP contribution in [0.3, 0.4) is 0 Å². The molecule has 3 rings (SSSR count). The van der Waals surface area contributed by atoms with E-state index >= 15 is 0 Å². The molecule has 0 radical (unpaired) electrons. The maximum Gasteiger partial charge on any atom is -0.412 e. The van der Waals surface area contributed by atoms with Crippen molar-refractivity contribution in [3.8, 4) is 0 Å². The van der Waals surface area contributed by atoms with Gasteiger partial charge in [-0.2, -0.15) is 0 Å². The quantitative estimate of drug-likeness (QED) is 0.614. The summed E-state index contributed by atoms with van der Waals surface area (Å²) in [4.78, 5) is 0. The monoisotopic (exact) mass is 338 g/mol. The van der Waals surface area contributed by atoms with Gasteiger partial charge in [-0.25, -0.2) is 0 Å². The molecule has 0 bridgehead atoms. The Morgan fingerprint density at radius 3 is 1.21 bits per heavy atom. The zero-order chi connectivity index (χ0) is 16.0. The van der Waals surface area contributed by atoms with Crippen LogP contribution in [0.4, 0.5) is 0 Å². The van der Waals surface area contributed by atoms with Gasteiger partial charge in [0.25, 0.3) is 0 Å². The van der Waals surface area contributed by atoms with Crippen molar-refractivity contribution >= 4 is 23.2 Å². The summed E-state index contributed by atoms with van der Waals surface area (Å²) in [7, 11) is -1.94. The van der Waals surface area contributed by atoms with Crippen molar-refractivity contribution in [3.05, 3.63) is 91.0 Å². The standard InChI is InChI=1S/C22H25P.H2O/c1-2-3-19-23(20-13-7-4-8-14-20,21-15-9-5-10-16-21)22-17-11-6-12-18-22;/h4-18,23H,2-3,19H2,1H3;1H2. The van der Waals surface area contributed by atoms with Crippen LogP contribution in [0.1, 0.15) is 19.8 Å². The molecule has 3 aromatic rings. The van der Waals surface area contributed by atoms with Gasteiger partial charge in [-0.05, 0) is 0 Å². The first kappa shape index (κ1) is 18.4. The molecule has 2 heteroatoms. The molecule has 2 N–H and O–H groups in total. The van der Waals surface area contributed by atoms with Crippen LogP contribution >= 0.6 is 7.26 Å². The second kappa shape index (κ2) is 8.78. The second-order valence-electron chi connectivity index (χ2n) is 6.11. The van der Waals surface area contributed by atoms with Crippen molar-refractivity contribution in [3.63, 3.8) is 0 Å². The molecule has 1 nitrogen and oxygen atoms in total. The summed E-state index contributed by atoms with van der Waals surface area (Å²) >= 11 is 0. The average molecular weight is 338 g/mol. The summed E-state index contributed by atoms with van der Waals surface area (Å²) in [6, 6.07) is 33.5. The summed E-state index contributed by atoms with van der Waals surface area (Å²) in [5.41, 5.74) is 0. The van der Waals surface area contributed by atoms with Gasteiger partial charge in [0.2, 0.25) is 0 Å². The molecule has 0 saturated heterocycles. The van der Waals surface area contributed by atoms with Crippen LogP contribution in [0.25, 0.3) is 0 Å². The first-order chi connectivity index (χ1) is 11.4. The minimum atomic E-state index is -1.94. The number of hydrogen-bond donors (Lipinski definition) is 0. The predicted molar refractivity (Wildman–Crippen MR) is 110 cm³/mol. The third kappa shape index (κ3) is 3.59. The third-order valence-corrected chi connectivity index (χ3v) is 9.77. The minimum Gasteiger partial charge on any atom is -0.412 e. The summed E-state index contributed by atoms with van der Waals surface area (Å²) in [6.45, 7) is 2.29. The fourth-order valence-corrected chi connectivity index (χ4v) is 8.58. The Morgan fingerprint density at radius 1 is 0.583 bits per heavy atom. The van der Waals surface area contributed by atoms with E-state index in [0.29, 0.717) is 0 Å². The molecule has 0 saturated carbocycles. The molecule has 0 aliphatic carbocycles. The van der Waals surface area contributed by atoms with E-state index in [1.807, 2.05) is 0 Å². The van der Waals surface area contributed by atoms with Gasteiger partial charge in [0.05, 0.1) is 0 Å². The maximum atomic E-state index is 2.34. The number of hydrogen-bond acceptors (Lipinski definition) is 0. The molecule has 0 spiro atoms. The second-order valence-corrected chi connectivity index (χ2v) is 10.1. The van der Waals surface area contributed by atoms with Gasteiger partial charge in [-0.3, -0.25) is 0 Å². The topological polar surface area (TPSA) is 31.5 Å². The molecule has 0 amide bonds. The van der Waals surface area contributed by atoms with Gasteiger partial charge in [0.15, 0.2) is 0 Å². The molecule has 0 aromatic heterocycles. The van der Waals surface area contributed by atoms with E-state index in [-0.39, 0.29) is 5.48 Å². The van der Waals surface area contributed by atoms with Crippen molar-refractivity contribution in [2.75, 3.05) is 6.16 Å². The third-order valence-electron chi connectivity index (χ3n) is 4.71. The largest absolute Gasteiger partial charge is 0.412 e. The molecule has 3 aromatic carbocycles. The minimum absolute atomic E-state index is 0. The number of benzene rings is 3. The van der Waals surface area contributed by atoms with E-state index in [0.717, 1.165) is 0 Å². The van der Waals surface area contributed by atoms with Gasteiger partial charge in [-0.1, -0.05) is 0 Å². The summed E-state index contributed by atoms with van der Waals surface area (Å²) in [6.07, 6.45) is 3.77. The molecule has 24 heavy (non-hydrogen) atoms. The van der Waals surface area contributed by atoms with Crippen molar-refractivity contribution in [2.24, 2.45) is 0 Å². The molecule has 0 aliphatic rings. The average Bonchev–Trinajstić information content (AvgIpc) is 2.65.